The van der Waals surface area contributed by atoms with Gasteiger partial charge in [-0.25, -0.2) is 22.3 Å². The topological polar surface area (TPSA) is 87.7 Å². The molecule has 156 valence electrons. The van der Waals surface area contributed by atoms with E-state index in [1.807, 2.05) is 0 Å². The Hall–Kier alpha value is -2.65. The summed E-state index contributed by atoms with van der Waals surface area (Å²) in [6.07, 6.45) is 0.982. The monoisotopic (exact) mass is 421 g/mol. The number of nitrogens with one attached hydrogen (secondary N) is 2. The number of piperidine rings is 1. The SMILES string of the molecule is COc1ccc(S(=O)(=O)NC2CCN(C(=O)Nc3ccc(C)c(F)c3)CC2)cc1. The molecule has 2 aromatic carbocycles. The predicted molar refractivity (Wildman–Crippen MR) is 108 cm³/mol. The fraction of sp³-hybridized carbons (Fsp3) is 0.350. The van der Waals surface area contributed by atoms with Gasteiger partial charge in [-0.1, -0.05) is 6.07 Å². The Morgan fingerprint density at radius 1 is 1.14 bits per heavy atom. The summed E-state index contributed by atoms with van der Waals surface area (Å²) in [5, 5.41) is 2.68. The number of sulfonamides is 1. The number of ether oxygens (including phenoxy) is 1. The molecule has 1 fully saturated rings. The highest BCUT2D eigenvalue weighted by Gasteiger charge is 2.27. The van der Waals surface area contributed by atoms with Crippen LogP contribution in [-0.4, -0.2) is 45.6 Å². The van der Waals surface area contributed by atoms with E-state index in [4.69, 9.17) is 4.74 Å². The first-order valence-electron chi connectivity index (χ1n) is 9.27. The van der Waals surface area contributed by atoms with E-state index in [2.05, 4.69) is 10.0 Å². The van der Waals surface area contributed by atoms with E-state index in [9.17, 15) is 17.6 Å². The second-order valence-electron chi connectivity index (χ2n) is 6.95. The largest absolute Gasteiger partial charge is 0.497 e. The van der Waals surface area contributed by atoms with Crippen molar-refractivity contribution in [3.05, 3.63) is 53.8 Å². The van der Waals surface area contributed by atoms with Crippen LogP contribution in [0.25, 0.3) is 0 Å². The third-order valence-corrected chi connectivity index (χ3v) is 6.43. The average Bonchev–Trinajstić information content (AvgIpc) is 2.71. The molecule has 0 saturated carbocycles. The number of amides is 2. The molecule has 0 atom stereocenters. The summed E-state index contributed by atoms with van der Waals surface area (Å²) in [6, 6.07) is 10.1. The number of halogens is 1. The van der Waals surface area contributed by atoms with E-state index in [-0.39, 0.29) is 22.8 Å². The molecule has 1 heterocycles. The van der Waals surface area contributed by atoms with Gasteiger partial charge in [-0.15, -0.1) is 0 Å². The number of anilines is 1. The van der Waals surface area contributed by atoms with E-state index in [0.717, 1.165) is 0 Å². The molecule has 1 aliphatic heterocycles. The molecule has 29 heavy (non-hydrogen) atoms. The van der Waals surface area contributed by atoms with Gasteiger partial charge >= 0.3 is 6.03 Å². The molecule has 1 aliphatic rings. The Balaban J connectivity index is 1.54. The Labute approximate surface area is 169 Å². The van der Waals surface area contributed by atoms with Crippen LogP contribution in [0.2, 0.25) is 0 Å². The van der Waals surface area contributed by atoms with Crippen molar-refractivity contribution in [2.24, 2.45) is 0 Å². The van der Waals surface area contributed by atoms with Crippen molar-refractivity contribution < 1.29 is 22.3 Å². The Morgan fingerprint density at radius 3 is 2.38 bits per heavy atom. The van der Waals surface area contributed by atoms with Crippen LogP contribution in [0.15, 0.2) is 47.4 Å². The zero-order valence-electron chi connectivity index (χ0n) is 16.3. The summed E-state index contributed by atoms with van der Waals surface area (Å²) in [7, 11) is -2.13. The van der Waals surface area contributed by atoms with E-state index in [1.165, 1.54) is 25.3 Å². The molecule has 0 aromatic heterocycles. The predicted octanol–water partition coefficient (Wildman–Crippen LogP) is 3.12. The van der Waals surface area contributed by atoms with Gasteiger partial charge in [0.2, 0.25) is 10.0 Å². The number of carbonyl (C=O) groups is 1. The first kappa shape index (κ1) is 21.1. The molecule has 0 radical (unpaired) electrons. The molecule has 9 heteroatoms. The lowest BCUT2D eigenvalue weighted by Gasteiger charge is -2.32. The molecule has 1 saturated heterocycles. The summed E-state index contributed by atoms with van der Waals surface area (Å²) in [4.78, 5) is 14.1. The number of nitrogens with zero attached hydrogens (tertiary/aromatic N) is 1. The highest BCUT2D eigenvalue weighted by molar-refractivity contribution is 7.89. The first-order chi connectivity index (χ1) is 13.8. The second-order valence-corrected chi connectivity index (χ2v) is 8.67. The molecule has 3 rings (SSSR count). The minimum absolute atomic E-state index is 0.167. The van der Waals surface area contributed by atoms with Gasteiger partial charge in [0.15, 0.2) is 0 Å². The van der Waals surface area contributed by atoms with Crippen LogP contribution in [0, 0.1) is 12.7 Å². The number of aryl methyl sites for hydroxylation is 1. The van der Waals surface area contributed by atoms with E-state index >= 15 is 0 Å². The summed E-state index contributed by atoms with van der Waals surface area (Å²) < 4.78 is 46.4. The van der Waals surface area contributed by atoms with Crippen LogP contribution >= 0.6 is 0 Å². The molecule has 0 bridgehead atoms. The summed E-state index contributed by atoms with van der Waals surface area (Å²) >= 11 is 0. The minimum Gasteiger partial charge on any atom is -0.497 e. The fourth-order valence-electron chi connectivity index (χ4n) is 3.12. The van der Waals surface area contributed by atoms with E-state index in [1.54, 1.807) is 36.1 Å². The van der Waals surface area contributed by atoms with Gasteiger partial charge < -0.3 is 15.0 Å². The quantitative estimate of drug-likeness (QED) is 0.777. The highest BCUT2D eigenvalue weighted by Crippen LogP contribution is 2.19. The fourth-order valence-corrected chi connectivity index (χ4v) is 4.42. The van der Waals surface area contributed by atoms with Crippen molar-refractivity contribution >= 4 is 21.7 Å². The second kappa shape index (κ2) is 8.79. The van der Waals surface area contributed by atoms with Crippen molar-refractivity contribution in [3.8, 4) is 5.75 Å². The van der Waals surface area contributed by atoms with Crippen molar-refractivity contribution in [2.45, 2.75) is 30.7 Å². The van der Waals surface area contributed by atoms with Gasteiger partial charge in [0.25, 0.3) is 0 Å². The molecule has 7 nitrogen and oxygen atoms in total. The number of benzene rings is 2. The van der Waals surface area contributed by atoms with Crippen molar-refractivity contribution in [1.82, 2.24) is 9.62 Å². The van der Waals surface area contributed by atoms with Crippen molar-refractivity contribution in [2.75, 3.05) is 25.5 Å². The number of hydrogen-bond acceptors (Lipinski definition) is 4. The van der Waals surface area contributed by atoms with Crippen LogP contribution in [0.1, 0.15) is 18.4 Å². The number of likely N-dealkylation sites (tertiary alicyclic amines) is 1. The average molecular weight is 421 g/mol. The third-order valence-electron chi connectivity index (χ3n) is 4.90. The summed E-state index contributed by atoms with van der Waals surface area (Å²) in [5.41, 5.74) is 0.897. The van der Waals surface area contributed by atoms with Crippen LogP contribution in [0.4, 0.5) is 14.9 Å². The first-order valence-corrected chi connectivity index (χ1v) is 10.8. The van der Waals surface area contributed by atoms with Gasteiger partial charge in [0.1, 0.15) is 11.6 Å². The lowest BCUT2D eigenvalue weighted by Crippen LogP contribution is -2.47. The maximum atomic E-state index is 13.6. The minimum atomic E-state index is -3.65. The highest BCUT2D eigenvalue weighted by atomic mass is 32.2. The standard InChI is InChI=1S/C20H24FN3O4S/c1-14-3-4-16(13-19(14)21)22-20(25)24-11-9-15(10-12-24)23-29(26,27)18-7-5-17(28-2)6-8-18/h3-8,13,15,23H,9-12H2,1-2H3,(H,22,25). The molecule has 0 spiro atoms. The zero-order valence-corrected chi connectivity index (χ0v) is 17.1. The van der Waals surface area contributed by atoms with Gasteiger partial charge in [-0.2, -0.15) is 0 Å². The zero-order chi connectivity index (χ0) is 21.0. The van der Waals surface area contributed by atoms with Gasteiger partial charge in [0.05, 0.1) is 12.0 Å². The Kier molecular flexibility index (Phi) is 6.39. The number of hydrogen-bond donors (Lipinski definition) is 2. The molecule has 0 unspecified atom stereocenters. The van der Waals surface area contributed by atoms with Gasteiger partial charge in [0, 0.05) is 24.8 Å². The Bertz CT molecular complexity index is 972. The molecular formula is C20H24FN3O4S. The van der Waals surface area contributed by atoms with Crippen LogP contribution in [0.3, 0.4) is 0 Å². The van der Waals surface area contributed by atoms with Crippen LogP contribution in [0.5, 0.6) is 5.75 Å². The van der Waals surface area contributed by atoms with Gasteiger partial charge in [-0.3, -0.25) is 0 Å². The summed E-state index contributed by atoms with van der Waals surface area (Å²) in [6.45, 7) is 2.45. The molecule has 2 amide bonds. The molecule has 2 N–H and O–H groups in total. The lowest BCUT2D eigenvalue weighted by molar-refractivity contribution is 0.193. The molecule has 2 aromatic rings. The maximum Gasteiger partial charge on any atom is 0.321 e. The number of urea groups is 1. The van der Waals surface area contributed by atoms with Crippen LogP contribution < -0.4 is 14.8 Å². The van der Waals surface area contributed by atoms with Crippen molar-refractivity contribution in [3.63, 3.8) is 0 Å². The normalized spacial score (nSPS) is 15.2. The number of rotatable bonds is 5. The van der Waals surface area contributed by atoms with Crippen LogP contribution in [-0.2, 0) is 10.0 Å². The third kappa shape index (κ3) is 5.24. The number of methoxy groups -OCH3 is 1. The summed E-state index contributed by atoms with van der Waals surface area (Å²) in [5.74, 6) is 0.200. The molecule has 0 aliphatic carbocycles. The lowest BCUT2D eigenvalue weighted by atomic mass is 10.1. The number of carbonyl (C=O) groups excluding carboxylic acids is 1. The van der Waals surface area contributed by atoms with E-state index < -0.39 is 10.0 Å². The van der Waals surface area contributed by atoms with Crippen molar-refractivity contribution in [1.29, 1.82) is 0 Å². The smallest absolute Gasteiger partial charge is 0.321 e. The Morgan fingerprint density at radius 2 is 1.79 bits per heavy atom. The van der Waals surface area contributed by atoms with Gasteiger partial charge in [-0.05, 0) is 61.7 Å². The maximum absolute atomic E-state index is 13.6. The van der Waals surface area contributed by atoms with E-state index in [0.29, 0.717) is 42.9 Å². The molecular weight excluding hydrogens is 397 g/mol.